The molecule has 1 atom stereocenters. The molecule has 2 aromatic rings. The maximum absolute atomic E-state index is 4.17. The van der Waals surface area contributed by atoms with Crippen LogP contribution in [0.4, 0.5) is 0 Å². The van der Waals surface area contributed by atoms with E-state index in [2.05, 4.69) is 59.2 Å². The van der Waals surface area contributed by atoms with Crippen LogP contribution in [0.25, 0.3) is 0 Å². The monoisotopic (exact) mass is 264 g/mol. The van der Waals surface area contributed by atoms with Crippen molar-refractivity contribution < 1.29 is 0 Å². The van der Waals surface area contributed by atoms with Gasteiger partial charge in [0.05, 0.1) is 6.54 Å². The van der Waals surface area contributed by atoms with E-state index in [1.165, 1.54) is 10.4 Å². The van der Waals surface area contributed by atoms with E-state index in [4.69, 9.17) is 0 Å². The highest BCUT2D eigenvalue weighted by Crippen LogP contribution is 2.23. The van der Waals surface area contributed by atoms with Gasteiger partial charge in [-0.3, -0.25) is 0 Å². The van der Waals surface area contributed by atoms with Gasteiger partial charge in [0.25, 0.3) is 0 Å². The Labute approximate surface area is 112 Å². The molecule has 0 unspecified atom stereocenters. The lowest BCUT2D eigenvalue weighted by Gasteiger charge is -2.15. The van der Waals surface area contributed by atoms with Crippen molar-refractivity contribution >= 4 is 11.3 Å². The summed E-state index contributed by atoms with van der Waals surface area (Å²) in [5.74, 6) is 0.992. The van der Waals surface area contributed by atoms with Gasteiger partial charge in [0.1, 0.15) is 12.2 Å². The summed E-state index contributed by atoms with van der Waals surface area (Å²) in [6, 6.07) is 2.91. The number of aromatic nitrogens is 3. The van der Waals surface area contributed by atoms with Crippen LogP contribution in [0, 0.1) is 6.92 Å². The molecular formula is C13H20N4S. The van der Waals surface area contributed by atoms with Gasteiger partial charge < -0.3 is 9.88 Å². The molecule has 2 rings (SSSR count). The topological polar surface area (TPSA) is 42.7 Å². The van der Waals surface area contributed by atoms with Crippen LogP contribution in [0.3, 0.4) is 0 Å². The molecule has 0 fully saturated rings. The Bertz CT molecular complexity index is 501. The van der Waals surface area contributed by atoms with E-state index in [9.17, 15) is 0 Å². The maximum Gasteiger partial charge on any atom is 0.147 e. The summed E-state index contributed by atoms with van der Waals surface area (Å²) in [6.07, 6.45) is 1.79. The molecule has 0 bridgehead atoms. The quantitative estimate of drug-likeness (QED) is 0.902. The minimum Gasteiger partial charge on any atom is -0.314 e. The number of thiophene rings is 1. The minimum absolute atomic E-state index is 0.349. The number of rotatable bonds is 5. The van der Waals surface area contributed by atoms with E-state index >= 15 is 0 Å². The molecular weight excluding hydrogens is 244 g/mol. The third-order valence-corrected chi connectivity index (χ3v) is 4.27. The van der Waals surface area contributed by atoms with Crippen molar-refractivity contribution in [3.8, 4) is 0 Å². The molecule has 0 aliphatic heterocycles. The van der Waals surface area contributed by atoms with Gasteiger partial charge in [-0.15, -0.1) is 21.5 Å². The molecule has 0 radical (unpaired) electrons. The lowest BCUT2D eigenvalue weighted by Crippen LogP contribution is -2.21. The molecule has 5 heteroatoms. The molecule has 0 saturated heterocycles. The standard InChI is InChI=1S/C13H20N4S/c1-9(2)17-8-15-16-12(17)7-14-11(4)13-10(3)5-6-18-13/h5-6,8-9,11,14H,7H2,1-4H3/t11-/m1/s1. The van der Waals surface area contributed by atoms with Crippen LogP contribution >= 0.6 is 11.3 Å². The van der Waals surface area contributed by atoms with Gasteiger partial charge in [-0.2, -0.15) is 0 Å². The highest BCUT2D eigenvalue weighted by atomic mass is 32.1. The molecule has 0 aromatic carbocycles. The van der Waals surface area contributed by atoms with Crippen molar-refractivity contribution in [2.24, 2.45) is 0 Å². The van der Waals surface area contributed by atoms with Gasteiger partial charge in [0.15, 0.2) is 0 Å². The third kappa shape index (κ3) is 2.79. The van der Waals surface area contributed by atoms with Gasteiger partial charge >= 0.3 is 0 Å². The third-order valence-electron chi connectivity index (χ3n) is 3.06. The predicted octanol–water partition coefficient (Wildman–Crippen LogP) is 3.08. The second-order valence-electron chi connectivity index (χ2n) is 4.82. The lowest BCUT2D eigenvalue weighted by atomic mass is 10.2. The van der Waals surface area contributed by atoms with E-state index in [0.717, 1.165) is 12.4 Å². The Kier molecular flexibility index (Phi) is 4.14. The molecule has 0 amide bonds. The second kappa shape index (κ2) is 5.63. The van der Waals surface area contributed by atoms with E-state index in [1.54, 1.807) is 17.7 Å². The molecule has 18 heavy (non-hydrogen) atoms. The van der Waals surface area contributed by atoms with E-state index < -0.39 is 0 Å². The maximum atomic E-state index is 4.17. The van der Waals surface area contributed by atoms with Crippen LogP contribution in [0.1, 0.15) is 49.1 Å². The van der Waals surface area contributed by atoms with Crippen molar-refractivity contribution in [2.75, 3.05) is 0 Å². The number of nitrogens with one attached hydrogen (secondary N) is 1. The number of hydrogen-bond donors (Lipinski definition) is 1. The normalized spacial score (nSPS) is 13.2. The van der Waals surface area contributed by atoms with Crippen LogP contribution in [0.5, 0.6) is 0 Å². The molecule has 2 heterocycles. The van der Waals surface area contributed by atoms with Gasteiger partial charge in [-0.25, -0.2) is 0 Å². The first-order valence-corrected chi connectivity index (χ1v) is 7.13. The fourth-order valence-corrected chi connectivity index (χ4v) is 2.95. The largest absolute Gasteiger partial charge is 0.314 e. The average Bonchev–Trinajstić information content (AvgIpc) is 2.94. The molecule has 98 valence electrons. The van der Waals surface area contributed by atoms with E-state index in [0.29, 0.717) is 12.1 Å². The summed E-state index contributed by atoms with van der Waals surface area (Å²) in [5.41, 5.74) is 1.35. The highest BCUT2D eigenvalue weighted by molar-refractivity contribution is 7.10. The first-order chi connectivity index (χ1) is 8.59. The predicted molar refractivity (Wildman–Crippen MR) is 74.7 cm³/mol. The summed E-state index contributed by atoms with van der Waals surface area (Å²) in [4.78, 5) is 1.39. The first kappa shape index (κ1) is 13.2. The summed E-state index contributed by atoms with van der Waals surface area (Å²) in [7, 11) is 0. The average molecular weight is 264 g/mol. The van der Waals surface area contributed by atoms with Crippen LogP contribution in [-0.4, -0.2) is 14.8 Å². The van der Waals surface area contributed by atoms with Crippen LogP contribution in [0.15, 0.2) is 17.8 Å². The molecule has 0 aliphatic rings. The zero-order chi connectivity index (χ0) is 13.1. The molecule has 0 spiro atoms. The summed E-state index contributed by atoms with van der Waals surface area (Å²) < 4.78 is 2.10. The van der Waals surface area contributed by atoms with Gasteiger partial charge in [0, 0.05) is 17.0 Å². The zero-order valence-electron chi connectivity index (χ0n) is 11.3. The van der Waals surface area contributed by atoms with Crippen molar-refractivity contribution in [1.29, 1.82) is 0 Å². The van der Waals surface area contributed by atoms with Gasteiger partial charge in [0.2, 0.25) is 0 Å². The van der Waals surface area contributed by atoms with Crippen LogP contribution < -0.4 is 5.32 Å². The van der Waals surface area contributed by atoms with Gasteiger partial charge in [-0.1, -0.05) is 0 Å². The zero-order valence-corrected chi connectivity index (χ0v) is 12.2. The Balaban J connectivity index is 1.99. The first-order valence-electron chi connectivity index (χ1n) is 6.25. The van der Waals surface area contributed by atoms with Crippen molar-refractivity contribution in [1.82, 2.24) is 20.1 Å². The Morgan fingerprint density at radius 3 is 2.78 bits per heavy atom. The number of nitrogens with zero attached hydrogens (tertiary/aromatic N) is 3. The molecule has 4 nitrogen and oxygen atoms in total. The summed E-state index contributed by atoms with van der Waals surface area (Å²) >= 11 is 1.80. The molecule has 0 saturated carbocycles. The van der Waals surface area contributed by atoms with Crippen molar-refractivity contribution in [3.63, 3.8) is 0 Å². The number of hydrogen-bond acceptors (Lipinski definition) is 4. The highest BCUT2D eigenvalue weighted by Gasteiger charge is 2.12. The van der Waals surface area contributed by atoms with Crippen LogP contribution in [0.2, 0.25) is 0 Å². The minimum atomic E-state index is 0.349. The fourth-order valence-electron chi connectivity index (χ4n) is 1.99. The molecule has 2 aromatic heterocycles. The fraction of sp³-hybridized carbons (Fsp3) is 0.538. The van der Waals surface area contributed by atoms with Crippen LogP contribution in [-0.2, 0) is 6.54 Å². The summed E-state index contributed by atoms with van der Waals surface area (Å²) in [5, 5.41) is 13.8. The number of aryl methyl sites for hydroxylation is 1. The molecule has 1 N–H and O–H groups in total. The Morgan fingerprint density at radius 1 is 1.39 bits per heavy atom. The van der Waals surface area contributed by atoms with E-state index in [1.807, 2.05) is 0 Å². The molecule has 0 aliphatic carbocycles. The Hall–Kier alpha value is -1.20. The van der Waals surface area contributed by atoms with Crippen molar-refractivity contribution in [2.45, 2.75) is 46.3 Å². The van der Waals surface area contributed by atoms with E-state index in [-0.39, 0.29) is 0 Å². The van der Waals surface area contributed by atoms with Gasteiger partial charge in [-0.05, 0) is 44.7 Å². The van der Waals surface area contributed by atoms with Crippen molar-refractivity contribution in [3.05, 3.63) is 34.0 Å². The summed E-state index contributed by atoms with van der Waals surface area (Å²) in [6.45, 7) is 9.37. The second-order valence-corrected chi connectivity index (χ2v) is 5.77. The SMILES string of the molecule is Cc1ccsc1[C@@H](C)NCc1nncn1C(C)C. The smallest absolute Gasteiger partial charge is 0.147 e. The Morgan fingerprint density at radius 2 is 2.17 bits per heavy atom. The lowest BCUT2D eigenvalue weighted by molar-refractivity contribution is 0.511.